The minimum absolute atomic E-state index is 0.203. The van der Waals surface area contributed by atoms with E-state index in [0.717, 1.165) is 19.5 Å². The molecule has 16 heavy (non-hydrogen) atoms. The summed E-state index contributed by atoms with van der Waals surface area (Å²) < 4.78 is 0. The van der Waals surface area contributed by atoms with Crippen LogP contribution in [0.2, 0.25) is 5.28 Å². The molecule has 0 saturated carbocycles. The first-order chi connectivity index (χ1) is 7.61. The van der Waals surface area contributed by atoms with E-state index in [-0.39, 0.29) is 11.9 Å². The number of nitrogens with two attached hydrogens (primary N) is 1. The second-order valence-corrected chi connectivity index (χ2v) is 4.44. The number of rotatable bonds is 2. The summed E-state index contributed by atoms with van der Waals surface area (Å²) in [5.74, 6) is 0.988. The monoisotopic (exact) mass is 242 g/mol. The maximum Gasteiger partial charge on any atom is 0.224 e. The molecule has 1 aliphatic rings. The van der Waals surface area contributed by atoms with Crippen LogP contribution in [-0.2, 0) is 0 Å². The molecule has 88 valence electrons. The second kappa shape index (κ2) is 4.43. The van der Waals surface area contributed by atoms with Crippen molar-refractivity contribution in [3.63, 3.8) is 0 Å². The highest BCUT2D eigenvalue weighted by Crippen LogP contribution is 2.29. The predicted octanol–water partition coefficient (Wildman–Crippen LogP) is 0.839. The molecular formula is C10H15ClN4O. The number of hydrogen-bond donors (Lipinski definition) is 2. The molecule has 0 bridgehead atoms. The molecule has 1 unspecified atom stereocenters. The third kappa shape index (κ3) is 2.05. The van der Waals surface area contributed by atoms with Crippen molar-refractivity contribution in [3.8, 4) is 0 Å². The van der Waals surface area contributed by atoms with E-state index in [4.69, 9.17) is 22.4 Å². The van der Waals surface area contributed by atoms with Gasteiger partial charge in [-0.25, -0.2) is 4.98 Å². The van der Waals surface area contributed by atoms with Crippen molar-refractivity contribution in [2.75, 3.05) is 30.3 Å². The van der Waals surface area contributed by atoms with Crippen molar-refractivity contribution < 1.29 is 5.11 Å². The molecule has 6 heteroatoms. The zero-order valence-electron chi connectivity index (χ0n) is 9.15. The first kappa shape index (κ1) is 11.4. The number of aromatic nitrogens is 2. The first-order valence-corrected chi connectivity index (χ1v) is 5.65. The van der Waals surface area contributed by atoms with Gasteiger partial charge in [-0.15, -0.1) is 0 Å². The maximum atomic E-state index is 9.09. The van der Waals surface area contributed by atoms with Gasteiger partial charge in [0.05, 0.1) is 11.4 Å². The smallest absolute Gasteiger partial charge is 0.224 e. The molecule has 2 heterocycles. The molecule has 1 atom stereocenters. The third-order valence-corrected chi connectivity index (χ3v) is 3.10. The Morgan fingerprint density at radius 1 is 1.56 bits per heavy atom. The maximum absolute atomic E-state index is 9.09. The summed E-state index contributed by atoms with van der Waals surface area (Å²) in [6.45, 7) is 3.63. The van der Waals surface area contributed by atoms with Crippen molar-refractivity contribution in [1.82, 2.24) is 9.97 Å². The Labute approximate surface area is 99.3 Å². The van der Waals surface area contributed by atoms with E-state index in [1.54, 1.807) is 0 Å². The Morgan fingerprint density at radius 3 is 2.94 bits per heavy atom. The molecule has 0 radical (unpaired) electrons. The van der Waals surface area contributed by atoms with E-state index in [9.17, 15) is 0 Å². The van der Waals surface area contributed by atoms with Gasteiger partial charge in [0, 0.05) is 25.6 Å². The van der Waals surface area contributed by atoms with Crippen LogP contribution in [-0.4, -0.2) is 34.8 Å². The van der Waals surface area contributed by atoms with E-state index < -0.39 is 0 Å². The minimum Gasteiger partial charge on any atom is -0.396 e. The molecule has 2 rings (SSSR count). The molecule has 1 aliphatic heterocycles. The Hall–Kier alpha value is -1.07. The quantitative estimate of drug-likeness (QED) is 0.752. The number of halogens is 1. The number of anilines is 2. The van der Waals surface area contributed by atoms with E-state index in [1.165, 1.54) is 0 Å². The van der Waals surface area contributed by atoms with Gasteiger partial charge in [-0.1, -0.05) is 0 Å². The van der Waals surface area contributed by atoms with Crippen molar-refractivity contribution in [3.05, 3.63) is 11.0 Å². The molecule has 0 aliphatic carbocycles. The number of nitrogens with zero attached hydrogens (tertiary/aromatic N) is 3. The largest absolute Gasteiger partial charge is 0.396 e. The van der Waals surface area contributed by atoms with Crippen LogP contribution in [0.5, 0.6) is 0 Å². The SMILES string of the molecule is Cc1nc(Cl)nc(N2CCC(CO)C2)c1N. The van der Waals surface area contributed by atoms with Crippen molar-refractivity contribution in [2.24, 2.45) is 5.92 Å². The zero-order valence-corrected chi connectivity index (χ0v) is 9.91. The van der Waals surface area contributed by atoms with Gasteiger partial charge in [0.25, 0.3) is 0 Å². The Kier molecular flexibility index (Phi) is 3.16. The fourth-order valence-corrected chi connectivity index (χ4v) is 2.15. The summed E-state index contributed by atoms with van der Waals surface area (Å²) in [5, 5.41) is 9.31. The lowest BCUT2D eigenvalue weighted by Crippen LogP contribution is -2.23. The highest BCUT2D eigenvalue weighted by molar-refractivity contribution is 6.28. The molecule has 5 nitrogen and oxygen atoms in total. The first-order valence-electron chi connectivity index (χ1n) is 5.27. The Balaban J connectivity index is 2.27. The molecule has 1 aromatic rings. The lowest BCUT2D eigenvalue weighted by Gasteiger charge is -2.19. The van der Waals surface area contributed by atoms with Crippen LogP contribution >= 0.6 is 11.6 Å². The average molecular weight is 243 g/mol. The summed E-state index contributed by atoms with van der Waals surface area (Å²) in [6, 6.07) is 0. The summed E-state index contributed by atoms with van der Waals surface area (Å²) in [6.07, 6.45) is 0.955. The summed E-state index contributed by atoms with van der Waals surface area (Å²) >= 11 is 5.82. The molecule has 3 N–H and O–H groups in total. The lowest BCUT2D eigenvalue weighted by molar-refractivity contribution is 0.238. The number of aryl methyl sites for hydroxylation is 1. The van der Waals surface area contributed by atoms with Crippen LogP contribution in [0.4, 0.5) is 11.5 Å². The standard InChI is InChI=1S/C10H15ClN4O/c1-6-8(12)9(14-10(11)13-6)15-3-2-7(4-15)5-16/h7,16H,2-5,12H2,1H3. The summed E-state index contributed by atoms with van der Waals surface area (Å²) in [7, 11) is 0. The highest BCUT2D eigenvalue weighted by Gasteiger charge is 2.25. The molecular weight excluding hydrogens is 228 g/mol. The Morgan fingerprint density at radius 2 is 2.31 bits per heavy atom. The summed E-state index contributed by atoms with van der Waals surface area (Å²) in [4.78, 5) is 10.2. The van der Waals surface area contributed by atoms with Crippen molar-refractivity contribution in [1.29, 1.82) is 0 Å². The van der Waals surface area contributed by atoms with Gasteiger partial charge in [-0.05, 0) is 24.9 Å². The van der Waals surface area contributed by atoms with Crippen molar-refractivity contribution in [2.45, 2.75) is 13.3 Å². The molecule has 0 aromatic carbocycles. The van der Waals surface area contributed by atoms with E-state index in [0.29, 0.717) is 23.1 Å². The van der Waals surface area contributed by atoms with E-state index in [1.807, 2.05) is 6.92 Å². The normalized spacial score (nSPS) is 20.4. The van der Waals surface area contributed by atoms with Gasteiger partial charge < -0.3 is 15.7 Å². The third-order valence-electron chi connectivity index (χ3n) is 2.93. The number of aliphatic hydroxyl groups excluding tert-OH is 1. The highest BCUT2D eigenvalue weighted by atomic mass is 35.5. The molecule has 0 spiro atoms. The van der Waals surface area contributed by atoms with Gasteiger partial charge in [0.15, 0.2) is 5.82 Å². The van der Waals surface area contributed by atoms with Crippen LogP contribution < -0.4 is 10.6 Å². The molecule has 0 amide bonds. The van der Waals surface area contributed by atoms with Crippen LogP contribution in [0.15, 0.2) is 0 Å². The number of aliphatic hydroxyl groups is 1. The minimum atomic E-state index is 0.203. The van der Waals surface area contributed by atoms with E-state index in [2.05, 4.69) is 14.9 Å². The second-order valence-electron chi connectivity index (χ2n) is 4.10. The van der Waals surface area contributed by atoms with E-state index >= 15 is 0 Å². The average Bonchev–Trinajstić information content (AvgIpc) is 2.71. The van der Waals surface area contributed by atoms with Crippen LogP contribution in [0.25, 0.3) is 0 Å². The van der Waals surface area contributed by atoms with Gasteiger partial charge in [0.2, 0.25) is 5.28 Å². The molecule has 1 aromatic heterocycles. The predicted molar refractivity (Wildman–Crippen MR) is 63.6 cm³/mol. The summed E-state index contributed by atoms with van der Waals surface area (Å²) in [5.41, 5.74) is 7.20. The Bertz CT molecular complexity index is 399. The fourth-order valence-electron chi connectivity index (χ4n) is 1.95. The lowest BCUT2D eigenvalue weighted by atomic mass is 10.1. The number of nitrogen functional groups attached to an aromatic ring is 1. The van der Waals surface area contributed by atoms with Gasteiger partial charge in [-0.2, -0.15) is 4.98 Å². The fraction of sp³-hybridized carbons (Fsp3) is 0.600. The topological polar surface area (TPSA) is 75.3 Å². The van der Waals surface area contributed by atoms with Gasteiger partial charge in [0.1, 0.15) is 0 Å². The number of hydrogen-bond acceptors (Lipinski definition) is 5. The van der Waals surface area contributed by atoms with Gasteiger partial charge >= 0.3 is 0 Å². The van der Waals surface area contributed by atoms with Crippen LogP contribution in [0.3, 0.4) is 0 Å². The zero-order chi connectivity index (χ0) is 11.7. The molecule has 1 fully saturated rings. The van der Waals surface area contributed by atoms with Crippen molar-refractivity contribution >= 4 is 23.1 Å². The molecule has 1 saturated heterocycles. The van der Waals surface area contributed by atoms with Crippen LogP contribution in [0, 0.1) is 12.8 Å². The van der Waals surface area contributed by atoms with Crippen LogP contribution in [0.1, 0.15) is 12.1 Å². The van der Waals surface area contributed by atoms with Gasteiger partial charge in [-0.3, -0.25) is 0 Å².